The Hall–Kier alpha value is -6.05. The fraction of sp³-hybridized carbons (Fsp3) is 0.585. The van der Waals surface area contributed by atoms with Crippen LogP contribution in [0.15, 0.2) is 49.6 Å². The van der Waals surface area contributed by atoms with Gasteiger partial charge in [0.15, 0.2) is 0 Å². The molecule has 20 nitrogen and oxygen atoms in total. The van der Waals surface area contributed by atoms with Gasteiger partial charge in [-0.15, -0.1) is 13.2 Å². The number of β-amino-alcohol motifs (C(OH)–C–C–N with tert-alkyl or cyclic N) is 1. The van der Waals surface area contributed by atoms with Crippen LogP contribution >= 0.6 is 0 Å². The van der Waals surface area contributed by atoms with Crippen molar-refractivity contribution in [2.75, 3.05) is 27.3 Å². The number of likely N-dealkylation sites (tertiary alicyclic amines) is 2. The maximum Gasteiger partial charge on any atom is 0.411 e. The molecule has 1 aromatic carbocycles. The van der Waals surface area contributed by atoms with Crippen LogP contribution in [-0.2, 0) is 42.9 Å². The number of ether oxygens (including phenoxy) is 5. The van der Waals surface area contributed by atoms with E-state index in [1.54, 1.807) is 53.7 Å². The number of nitrogens with one attached hydrogen (secondary N) is 2. The third-order valence-electron chi connectivity index (χ3n) is 10.4. The van der Waals surface area contributed by atoms with Crippen LogP contribution in [0.25, 0.3) is 0 Å². The first-order valence-corrected chi connectivity index (χ1v) is 19.5. The van der Waals surface area contributed by atoms with E-state index in [2.05, 4.69) is 23.8 Å². The van der Waals surface area contributed by atoms with Gasteiger partial charge >= 0.3 is 30.1 Å². The number of nitro groups is 1. The first-order valence-electron chi connectivity index (χ1n) is 19.5. The van der Waals surface area contributed by atoms with E-state index >= 15 is 0 Å². The first kappa shape index (κ1) is 47.6. The van der Waals surface area contributed by atoms with Gasteiger partial charge < -0.3 is 39.4 Å². The second-order valence-corrected chi connectivity index (χ2v) is 17.3. The molecule has 5 rings (SSSR count). The van der Waals surface area contributed by atoms with E-state index in [-0.39, 0.29) is 49.0 Å². The molecule has 2 saturated carbocycles. The van der Waals surface area contributed by atoms with Gasteiger partial charge in [0.25, 0.3) is 5.69 Å². The normalized spacial score (nSPS) is 27.5. The molecule has 0 radical (unpaired) electrons. The second kappa shape index (κ2) is 18.3. The maximum atomic E-state index is 13.3. The van der Waals surface area contributed by atoms with Gasteiger partial charge in [-0.1, -0.05) is 12.2 Å². The van der Waals surface area contributed by atoms with Crippen LogP contribution in [0.5, 0.6) is 0 Å². The summed E-state index contributed by atoms with van der Waals surface area (Å²) in [7, 11) is 2.46. The molecule has 0 unspecified atom stereocenters. The van der Waals surface area contributed by atoms with E-state index in [4.69, 9.17) is 23.7 Å². The average Bonchev–Trinajstić information content (AvgIpc) is 3.96. The van der Waals surface area contributed by atoms with Gasteiger partial charge in [0.1, 0.15) is 40.5 Å². The van der Waals surface area contributed by atoms with Crippen molar-refractivity contribution in [3.8, 4) is 0 Å². The predicted octanol–water partition coefficient (Wildman–Crippen LogP) is 2.95. The first-order chi connectivity index (χ1) is 28.3. The number of esters is 3. The number of rotatable bonds is 11. The highest BCUT2D eigenvalue weighted by Gasteiger charge is 2.63. The Labute approximate surface area is 353 Å². The van der Waals surface area contributed by atoms with Crippen molar-refractivity contribution in [1.82, 2.24) is 20.4 Å². The molecule has 61 heavy (non-hydrogen) atoms. The molecular formula is C41H55N5O15. The molecule has 4 fully saturated rings. The van der Waals surface area contributed by atoms with Crippen LogP contribution < -0.4 is 10.6 Å². The van der Waals surface area contributed by atoms with Gasteiger partial charge in [0.05, 0.1) is 43.9 Å². The molecule has 0 spiro atoms. The van der Waals surface area contributed by atoms with Gasteiger partial charge in [0.2, 0.25) is 11.8 Å². The topological polar surface area (TPSA) is 260 Å². The Bertz CT molecular complexity index is 1920. The number of carbonyl (C=O) groups excluding carboxylic acids is 7. The standard InChI is InChI=1S/C24H29N3O9.C17H26N2O6/c1-6-15-12-24(15,21(30)34-5)25-19(28)18-11-17(13-26(18)22(31)36-23(2,3)4)35-20(29)14-7-9-16(10-8-14)27(32)33;1-6-10-8-17(10,14(22)24-5)18-13(21)12-7-11(20)9-19(12)15(23)25-16(2,3)4/h6-10,15,17-18H,1,11-13H2,2-5H3,(H,25,28);6,10-12,20H,1,7-9H2,2-5H3,(H,18,21)/t15-,17+,18+,24-;10-,11-,12+,17-/m11/s1. The highest BCUT2D eigenvalue weighted by molar-refractivity contribution is 5.96. The number of carbonyl (C=O) groups is 7. The fourth-order valence-electron chi connectivity index (χ4n) is 7.15. The van der Waals surface area contributed by atoms with E-state index in [1.807, 2.05) is 0 Å². The van der Waals surface area contributed by atoms with Crippen LogP contribution in [0.3, 0.4) is 0 Å². The molecular weight excluding hydrogens is 802 g/mol. The number of aliphatic hydroxyl groups is 1. The average molecular weight is 858 g/mol. The van der Waals surface area contributed by atoms with Crippen molar-refractivity contribution in [3.05, 3.63) is 65.3 Å². The minimum atomic E-state index is -1.26. The largest absolute Gasteiger partial charge is 0.467 e. The Morgan fingerprint density at radius 2 is 1.20 bits per heavy atom. The van der Waals surface area contributed by atoms with Crippen molar-refractivity contribution in [2.45, 2.75) is 114 Å². The lowest BCUT2D eigenvalue weighted by atomic mass is 10.1. The lowest BCUT2D eigenvalue weighted by molar-refractivity contribution is -0.384. The number of aliphatic hydroxyl groups excluding tert-OH is 1. The highest BCUT2D eigenvalue weighted by Crippen LogP contribution is 2.46. The van der Waals surface area contributed by atoms with Crippen LogP contribution in [0, 0.1) is 22.0 Å². The minimum Gasteiger partial charge on any atom is -0.467 e. The number of nitro benzene ring substituents is 1. The van der Waals surface area contributed by atoms with E-state index in [9.17, 15) is 48.8 Å². The minimum absolute atomic E-state index is 0.00309. The van der Waals surface area contributed by atoms with Crippen molar-refractivity contribution in [3.63, 3.8) is 0 Å². The van der Waals surface area contributed by atoms with Crippen LogP contribution in [0.4, 0.5) is 15.3 Å². The lowest BCUT2D eigenvalue weighted by Crippen LogP contribution is -2.53. The summed E-state index contributed by atoms with van der Waals surface area (Å²) in [6, 6.07) is 2.88. The summed E-state index contributed by atoms with van der Waals surface area (Å²) in [5.74, 6) is -3.61. The predicted molar refractivity (Wildman–Crippen MR) is 213 cm³/mol. The Morgan fingerprint density at radius 1 is 0.770 bits per heavy atom. The van der Waals surface area contributed by atoms with Gasteiger partial charge in [0, 0.05) is 36.8 Å². The van der Waals surface area contributed by atoms with Crippen molar-refractivity contribution in [1.29, 1.82) is 0 Å². The number of nitrogens with zero attached hydrogens (tertiary/aromatic N) is 3. The number of benzene rings is 1. The van der Waals surface area contributed by atoms with Crippen LogP contribution in [0.1, 0.15) is 77.6 Å². The number of hydrogen-bond acceptors (Lipinski definition) is 15. The monoisotopic (exact) mass is 857 g/mol. The Kier molecular flexibility index (Phi) is 14.3. The molecule has 3 N–H and O–H groups in total. The number of non-ortho nitro benzene ring substituents is 1. The molecule has 4 amide bonds. The van der Waals surface area contributed by atoms with E-state index in [0.717, 1.165) is 4.90 Å². The van der Waals surface area contributed by atoms with Crippen LogP contribution in [0.2, 0.25) is 0 Å². The highest BCUT2D eigenvalue weighted by atomic mass is 16.6. The van der Waals surface area contributed by atoms with E-state index in [0.29, 0.717) is 12.8 Å². The number of methoxy groups -OCH3 is 2. The molecule has 20 heteroatoms. The molecule has 8 atom stereocenters. The third-order valence-corrected chi connectivity index (χ3v) is 10.4. The lowest BCUT2D eigenvalue weighted by Gasteiger charge is -2.28. The van der Waals surface area contributed by atoms with Gasteiger partial charge in [-0.3, -0.25) is 29.5 Å². The summed E-state index contributed by atoms with van der Waals surface area (Å²) in [4.78, 5) is 101. The molecule has 0 bridgehead atoms. The SMILES string of the molecule is C=C[C@@H]1C[C@]1(NC(=O)[C@@H]1C[C@@H](O)CN1C(=O)OC(C)(C)C)C(=O)OC.C=C[C@@H]1C[C@]1(NC(=O)[C@@H]1C[C@H](OC(=O)c2ccc([N+](=O)[O-])cc2)CN1C(=O)OC(C)(C)C)C(=O)OC. The number of amides is 4. The summed E-state index contributed by atoms with van der Waals surface area (Å²) in [5.41, 5.74) is -4.07. The molecule has 1 aromatic rings. The number of hydrogen-bond donors (Lipinski definition) is 3. The molecule has 2 aliphatic carbocycles. The van der Waals surface area contributed by atoms with E-state index in [1.165, 1.54) is 43.4 Å². The molecule has 2 saturated heterocycles. The van der Waals surface area contributed by atoms with Crippen molar-refractivity contribution in [2.24, 2.45) is 11.8 Å². The van der Waals surface area contributed by atoms with Gasteiger partial charge in [-0.2, -0.15) is 0 Å². The Morgan fingerprint density at radius 3 is 1.57 bits per heavy atom. The quantitative estimate of drug-likeness (QED) is 0.0950. The van der Waals surface area contributed by atoms with Gasteiger partial charge in [-0.25, -0.2) is 24.0 Å². The fourth-order valence-corrected chi connectivity index (χ4v) is 7.15. The van der Waals surface area contributed by atoms with Crippen molar-refractivity contribution < 1.29 is 67.3 Å². The molecule has 0 aromatic heterocycles. The van der Waals surface area contributed by atoms with Gasteiger partial charge in [-0.05, 0) is 66.5 Å². The van der Waals surface area contributed by atoms with Crippen LogP contribution in [-0.4, -0.2) is 136 Å². The molecule has 2 heterocycles. The van der Waals surface area contributed by atoms with E-state index < -0.39 is 93.4 Å². The summed E-state index contributed by atoms with van der Waals surface area (Å²) < 4.78 is 25.8. The van der Waals surface area contributed by atoms with Crippen molar-refractivity contribution >= 4 is 47.6 Å². The molecule has 334 valence electrons. The zero-order valence-corrected chi connectivity index (χ0v) is 35.6. The summed E-state index contributed by atoms with van der Waals surface area (Å²) in [6.45, 7) is 17.4. The zero-order valence-electron chi connectivity index (χ0n) is 35.6. The Balaban J connectivity index is 0.000000287. The smallest absolute Gasteiger partial charge is 0.411 e. The zero-order chi connectivity index (χ0) is 45.8. The molecule has 4 aliphatic rings. The molecule has 2 aliphatic heterocycles. The summed E-state index contributed by atoms with van der Waals surface area (Å²) in [6.07, 6.45) is 0.751. The second-order valence-electron chi connectivity index (χ2n) is 17.3. The summed E-state index contributed by atoms with van der Waals surface area (Å²) in [5, 5.41) is 26.1. The third kappa shape index (κ3) is 11.2. The summed E-state index contributed by atoms with van der Waals surface area (Å²) >= 11 is 0. The maximum absolute atomic E-state index is 13.3.